The monoisotopic (exact) mass is 191 g/mol. The van der Waals surface area contributed by atoms with Gasteiger partial charge in [-0.3, -0.25) is 4.79 Å². The van der Waals surface area contributed by atoms with Crippen molar-refractivity contribution < 1.29 is 9.90 Å². The number of unbranched alkanes of at least 4 members (excludes halogenated alkanes) is 2. The van der Waals surface area contributed by atoms with Crippen molar-refractivity contribution in [3.8, 4) is 0 Å². The van der Waals surface area contributed by atoms with Gasteiger partial charge in [0.15, 0.2) is 0 Å². The van der Waals surface area contributed by atoms with Gasteiger partial charge in [-0.1, -0.05) is 26.2 Å². The molecule has 0 aromatic rings. The molecule has 0 amide bonds. The molecule has 0 aromatic heterocycles. The predicted octanol–water partition coefficient (Wildman–Crippen LogP) is 1.28. The summed E-state index contributed by atoms with van der Waals surface area (Å²) in [4.78, 5) is 10.7. The molecule has 72 valence electrons. The number of nitrogens with two attached hydrogens (primary N) is 1. The summed E-state index contributed by atoms with van der Waals surface area (Å²) in [5.41, 5.74) is 4.48. The molecule has 0 radical (unpaired) electrons. The number of carboxylic acids is 1. The van der Waals surface area contributed by atoms with E-state index in [2.05, 4.69) is 19.6 Å². The summed E-state index contributed by atoms with van der Waals surface area (Å²) in [6.45, 7) is 2.07. The van der Waals surface area contributed by atoms with Crippen LogP contribution in [0.15, 0.2) is 0 Å². The molecule has 0 aliphatic rings. The number of thiol groups is 1. The van der Waals surface area contributed by atoms with Crippen LogP contribution in [0.5, 0.6) is 0 Å². The van der Waals surface area contributed by atoms with Crippen LogP contribution in [0.4, 0.5) is 0 Å². The highest BCUT2D eigenvalue weighted by Gasteiger charge is 2.31. The Hall–Kier alpha value is -0.220. The number of hydrogen-bond donors (Lipinski definition) is 3. The molecule has 0 unspecified atom stereocenters. The number of carbonyl (C=O) groups is 1. The van der Waals surface area contributed by atoms with Gasteiger partial charge in [-0.2, -0.15) is 12.6 Å². The van der Waals surface area contributed by atoms with Crippen molar-refractivity contribution in [3.05, 3.63) is 0 Å². The van der Waals surface area contributed by atoms with Gasteiger partial charge in [0, 0.05) is 5.75 Å². The second kappa shape index (κ2) is 5.43. The maximum atomic E-state index is 10.7. The summed E-state index contributed by atoms with van der Waals surface area (Å²) in [6.07, 6.45) is 3.47. The average Bonchev–Trinajstić information content (AvgIpc) is 2.04. The van der Waals surface area contributed by atoms with Crippen LogP contribution >= 0.6 is 12.6 Å². The van der Waals surface area contributed by atoms with Crippen LogP contribution in [0.3, 0.4) is 0 Å². The SMILES string of the molecule is CCCCC[C@](N)(CS)C(=O)O. The molecule has 0 saturated carbocycles. The third kappa shape index (κ3) is 3.45. The van der Waals surface area contributed by atoms with Crippen molar-refractivity contribution in [2.24, 2.45) is 5.73 Å². The van der Waals surface area contributed by atoms with Crippen molar-refractivity contribution >= 4 is 18.6 Å². The highest BCUT2D eigenvalue weighted by Crippen LogP contribution is 2.14. The molecule has 0 rings (SSSR count). The second-order valence-corrected chi connectivity index (χ2v) is 3.39. The van der Waals surface area contributed by atoms with Crippen LogP contribution in [0.25, 0.3) is 0 Å². The summed E-state index contributed by atoms with van der Waals surface area (Å²) in [6, 6.07) is 0. The molecule has 0 spiro atoms. The molecular weight excluding hydrogens is 174 g/mol. The molecule has 3 nitrogen and oxygen atoms in total. The van der Waals surface area contributed by atoms with E-state index in [-0.39, 0.29) is 5.75 Å². The molecule has 1 atom stereocenters. The standard InChI is InChI=1S/C8H17NO2S/c1-2-3-4-5-8(9,6-12)7(10)11/h12H,2-6,9H2,1H3,(H,10,11)/t8-/m0/s1. The first kappa shape index (κ1) is 11.8. The minimum Gasteiger partial charge on any atom is -0.480 e. The van der Waals surface area contributed by atoms with Gasteiger partial charge in [-0.25, -0.2) is 0 Å². The Morgan fingerprint density at radius 1 is 1.58 bits per heavy atom. The lowest BCUT2D eigenvalue weighted by Crippen LogP contribution is -2.49. The van der Waals surface area contributed by atoms with Crippen molar-refractivity contribution in [2.45, 2.75) is 38.1 Å². The van der Waals surface area contributed by atoms with E-state index in [1.807, 2.05) is 0 Å². The summed E-state index contributed by atoms with van der Waals surface area (Å²) in [5, 5.41) is 8.76. The highest BCUT2D eigenvalue weighted by molar-refractivity contribution is 7.80. The first-order chi connectivity index (χ1) is 5.56. The van der Waals surface area contributed by atoms with Crippen LogP contribution in [0.2, 0.25) is 0 Å². The first-order valence-corrected chi connectivity index (χ1v) is 4.83. The zero-order valence-corrected chi connectivity index (χ0v) is 8.31. The molecule has 4 heteroatoms. The Labute approximate surface area is 78.7 Å². The van der Waals surface area contributed by atoms with E-state index in [0.717, 1.165) is 19.3 Å². The van der Waals surface area contributed by atoms with E-state index in [1.165, 1.54) is 0 Å². The summed E-state index contributed by atoms with van der Waals surface area (Å²) in [7, 11) is 0. The van der Waals surface area contributed by atoms with Crippen molar-refractivity contribution in [3.63, 3.8) is 0 Å². The Morgan fingerprint density at radius 3 is 2.50 bits per heavy atom. The van der Waals surface area contributed by atoms with Crippen LogP contribution in [-0.2, 0) is 4.79 Å². The van der Waals surface area contributed by atoms with Crippen LogP contribution in [0, 0.1) is 0 Å². The Morgan fingerprint density at radius 2 is 2.17 bits per heavy atom. The predicted molar refractivity (Wildman–Crippen MR) is 52.5 cm³/mol. The molecular formula is C8H17NO2S. The van der Waals surface area contributed by atoms with Gasteiger partial charge in [0.05, 0.1) is 0 Å². The lowest BCUT2D eigenvalue weighted by molar-refractivity contribution is -0.142. The molecule has 3 N–H and O–H groups in total. The van der Waals surface area contributed by atoms with Crippen molar-refractivity contribution in [1.29, 1.82) is 0 Å². The zero-order chi connectivity index (χ0) is 9.61. The first-order valence-electron chi connectivity index (χ1n) is 4.20. The van der Waals surface area contributed by atoms with E-state index >= 15 is 0 Å². The van der Waals surface area contributed by atoms with Gasteiger partial charge in [0.1, 0.15) is 5.54 Å². The molecule has 0 saturated heterocycles. The Kier molecular flexibility index (Phi) is 5.33. The molecule has 0 heterocycles. The number of hydrogen-bond acceptors (Lipinski definition) is 3. The fourth-order valence-corrected chi connectivity index (χ4v) is 1.24. The third-order valence-corrected chi connectivity index (χ3v) is 2.50. The summed E-state index contributed by atoms with van der Waals surface area (Å²) < 4.78 is 0. The minimum atomic E-state index is -1.13. The van der Waals surface area contributed by atoms with E-state index in [9.17, 15) is 4.79 Å². The van der Waals surface area contributed by atoms with Gasteiger partial charge >= 0.3 is 5.97 Å². The molecule has 0 aliphatic heterocycles. The quantitative estimate of drug-likeness (QED) is 0.438. The van der Waals surface area contributed by atoms with Crippen LogP contribution in [0.1, 0.15) is 32.6 Å². The van der Waals surface area contributed by atoms with Gasteiger partial charge in [0.25, 0.3) is 0 Å². The fourth-order valence-electron chi connectivity index (χ4n) is 0.944. The third-order valence-electron chi connectivity index (χ3n) is 1.93. The van der Waals surface area contributed by atoms with E-state index in [0.29, 0.717) is 6.42 Å². The highest BCUT2D eigenvalue weighted by atomic mass is 32.1. The van der Waals surface area contributed by atoms with Crippen molar-refractivity contribution in [2.75, 3.05) is 5.75 Å². The van der Waals surface area contributed by atoms with Crippen LogP contribution < -0.4 is 5.73 Å². The zero-order valence-electron chi connectivity index (χ0n) is 7.42. The minimum absolute atomic E-state index is 0.200. The number of carboxylic acid groups (broad SMARTS) is 1. The average molecular weight is 191 g/mol. The lowest BCUT2D eigenvalue weighted by atomic mass is 9.96. The largest absolute Gasteiger partial charge is 0.480 e. The Bertz CT molecular complexity index is 152. The maximum Gasteiger partial charge on any atom is 0.324 e. The van der Waals surface area contributed by atoms with Gasteiger partial charge in [0.2, 0.25) is 0 Å². The van der Waals surface area contributed by atoms with E-state index in [1.54, 1.807) is 0 Å². The molecule has 0 aliphatic carbocycles. The maximum absolute atomic E-state index is 10.7. The topological polar surface area (TPSA) is 63.3 Å². The number of aliphatic carboxylic acids is 1. The van der Waals surface area contributed by atoms with E-state index in [4.69, 9.17) is 10.8 Å². The smallest absolute Gasteiger partial charge is 0.324 e. The van der Waals surface area contributed by atoms with Crippen LogP contribution in [-0.4, -0.2) is 22.4 Å². The lowest BCUT2D eigenvalue weighted by Gasteiger charge is -2.21. The number of rotatable bonds is 6. The molecule has 0 fully saturated rings. The van der Waals surface area contributed by atoms with Gasteiger partial charge in [-0.15, -0.1) is 0 Å². The molecule has 0 bridgehead atoms. The van der Waals surface area contributed by atoms with Gasteiger partial charge < -0.3 is 10.8 Å². The molecule has 0 aromatic carbocycles. The Balaban J connectivity index is 3.88. The second-order valence-electron chi connectivity index (χ2n) is 3.08. The van der Waals surface area contributed by atoms with E-state index < -0.39 is 11.5 Å². The normalized spacial score (nSPS) is 15.6. The van der Waals surface area contributed by atoms with Gasteiger partial charge in [-0.05, 0) is 6.42 Å². The summed E-state index contributed by atoms with van der Waals surface area (Å²) in [5.74, 6) is -0.750. The van der Waals surface area contributed by atoms with Crippen molar-refractivity contribution in [1.82, 2.24) is 0 Å². The fraction of sp³-hybridized carbons (Fsp3) is 0.875. The molecule has 12 heavy (non-hydrogen) atoms. The summed E-state index contributed by atoms with van der Waals surface area (Å²) >= 11 is 3.94.